The largest absolute Gasteiger partial charge is 2.00 e. The van der Waals surface area contributed by atoms with E-state index in [0.717, 1.165) is 36.4 Å². The number of carbonyl (C=O) groups excluding carboxylic acids is 6. The maximum atomic E-state index is 11.6. The van der Waals surface area contributed by atoms with E-state index in [0.29, 0.717) is 0 Å². The van der Waals surface area contributed by atoms with Gasteiger partial charge in [-0.15, -0.1) is 0 Å². The molecule has 0 N–H and O–H groups in total. The SMILES string of the molecule is COP(OC)OC.COP(OC)OC.O=C([O-])c1ccnc(-c2nccc(C(=O)[O-])c2-c2cc(C(=O)[O-])ccn2)c1.O=C([O-])c1ccnc(-c2nccc(C(=O)[O-])c2-c2cc(C(=O)[O-])ccn2)c1.[Ru+2].[Ru+2].[Ru+2]. The third-order valence-electron chi connectivity index (χ3n) is 8.22. The van der Waals surface area contributed by atoms with Gasteiger partial charge in [-0.3, -0.25) is 29.9 Å². The van der Waals surface area contributed by atoms with Crippen molar-refractivity contribution in [3.8, 4) is 45.3 Å². The summed E-state index contributed by atoms with van der Waals surface area (Å²) < 4.78 is 28.0. The molecule has 0 aromatic carbocycles. The smallest absolute Gasteiger partial charge is 0.545 e. The number of pyridine rings is 6. The molecule has 0 aliphatic carbocycles. The van der Waals surface area contributed by atoms with Gasteiger partial charge in [0.05, 0.1) is 70.0 Å². The number of carboxylic acid groups (broad SMARTS) is 6. The summed E-state index contributed by atoms with van der Waals surface area (Å²) in [4.78, 5) is 91.7. The van der Waals surface area contributed by atoms with Gasteiger partial charge >= 0.3 is 75.6 Å². The number of aromatic nitrogens is 6. The zero-order valence-corrected chi connectivity index (χ0v) is 44.2. The monoisotopic (exact) mass is 1280 g/mol. The second kappa shape index (κ2) is 33.0. The van der Waals surface area contributed by atoms with E-state index in [1.807, 2.05) is 0 Å². The molecule has 0 fully saturated rings. The Morgan fingerprint density at radius 2 is 0.577 bits per heavy atom. The van der Waals surface area contributed by atoms with Gasteiger partial charge in [0.2, 0.25) is 0 Å². The Hall–Kier alpha value is -5.79. The van der Waals surface area contributed by atoms with E-state index in [-0.39, 0.29) is 137 Å². The van der Waals surface area contributed by atoms with Crippen LogP contribution >= 0.6 is 17.2 Å². The van der Waals surface area contributed by atoms with Crippen molar-refractivity contribution in [2.75, 3.05) is 42.7 Å². The van der Waals surface area contributed by atoms with Crippen LogP contribution in [-0.2, 0) is 85.6 Å². The number of carbonyl (C=O) groups is 6. The summed E-state index contributed by atoms with van der Waals surface area (Å²) >= 11 is 0. The maximum Gasteiger partial charge on any atom is 2.00 e. The van der Waals surface area contributed by atoms with Crippen molar-refractivity contribution >= 4 is 53.0 Å². The van der Waals surface area contributed by atoms with Gasteiger partial charge < -0.3 is 86.5 Å². The Bertz CT molecular complexity index is 2560. The molecule has 6 rings (SSSR count). The molecule has 6 aromatic rings. The molecule has 0 radical (unpaired) electrons. The van der Waals surface area contributed by atoms with Gasteiger partial charge in [0.1, 0.15) is 0 Å². The van der Waals surface area contributed by atoms with Crippen molar-refractivity contribution in [1.29, 1.82) is 0 Å². The molecule has 0 saturated heterocycles. The normalized spacial score (nSPS) is 9.92. The molecular formula is C42H34N6O18P2Ru3. The van der Waals surface area contributed by atoms with Crippen molar-refractivity contribution in [3.05, 3.63) is 131 Å². The van der Waals surface area contributed by atoms with Crippen molar-refractivity contribution in [2.24, 2.45) is 0 Å². The van der Waals surface area contributed by atoms with E-state index < -0.39 is 53.0 Å². The van der Waals surface area contributed by atoms with Crippen LogP contribution in [0.5, 0.6) is 0 Å². The zero-order valence-electron chi connectivity index (χ0n) is 37.2. The topological polar surface area (TPSA) is 373 Å². The van der Waals surface area contributed by atoms with Crippen LogP contribution in [0, 0.1) is 0 Å². The Labute approximate surface area is 444 Å². The summed E-state index contributed by atoms with van der Waals surface area (Å²) in [6.07, 6.45) is 7.09. The van der Waals surface area contributed by atoms with Crippen molar-refractivity contribution in [2.45, 2.75) is 0 Å². The predicted octanol–water partition coefficient (Wildman–Crippen LogP) is -1.11. The molecule has 0 amide bonds. The fraction of sp³-hybridized carbons (Fsp3) is 0.143. The van der Waals surface area contributed by atoms with Crippen LogP contribution in [0.3, 0.4) is 0 Å². The average molecular weight is 1280 g/mol. The molecule has 0 bridgehead atoms. The molecule has 0 saturated carbocycles. The molecule has 6 aromatic heterocycles. The molecular weight excluding hydrogens is 1240 g/mol. The van der Waals surface area contributed by atoms with Crippen LogP contribution in [0.1, 0.15) is 62.1 Å². The Balaban J connectivity index is 0.00000105. The van der Waals surface area contributed by atoms with Crippen LogP contribution in [0.2, 0.25) is 0 Å². The Kier molecular flexibility index (Phi) is 30.3. The number of rotatable bonds is 16. The van der Waals surface area contributed by atoms with Gasteiger partial charge in [0.15, 0.2) is 0 Å². The minimum atomic E-state index is -1.55. The van der Waals surface area contributed by atoms with Gasteiger partial charge in [-0.1, -0.05) is 0 Å². The second-order valence-electron chi connectivity index (χ2n) is 12.2. The standard InChI is InChI=1S/2C18H11N3O6.2C3H9O3P.3Ru/c2*22-16(23)9-1-4-19-12(7-9)14-11(18(26)27)3-6-21-15(14)13-8-10(17(24)25)2-5-20-13;2*1-4-7(5-2)6-3;;;/h2*1-8H,(H,22,23)(H,24,25)(H,26,27);2*1-3H3;;;/q;;;;3*+2/p-6. The number of nitrogens with zero attached hydrogens (tertiary/aromatic N) is 6. The number of aromatic carboxylic acids is 6. The third-order valence-corrected chi connectivity index (χ3v) is 10.0. The van der Waals surface area contributed by atoms with Crippen LogP contribution < -0.4 is 30.6 Å². The minimum Gasteiger partial charge on any atom is -0.545 e. The van der Waals surface area contributed by atoms with Crippen molar-refractivity contribution < 1.29 is 145 Å². The molecule has 0 aliphatic rings. The summed E-state index contributed by atoms with van der Waals surface area (Å²) in [5.41, 5.74) is -1.60. The van der Waals surface area contributed by atoms with Crippen LogP contribution in [-0.4, -0.2) is 108 Å². The van der Waals surface area contributed by atoms with Gasteiger partial charge in [-0.2, -0.15) is 0 Å². The number of hydrogen-bond donors (Lipinski definition) is 0. The fourth-order valence-electron chi connectivity index (χ4n) is 5.38. The molecule has 0 spiro atoms. The van der Waals surface area contributed by atoms with Crippen LogP contribution in [0.4, 0.5) is 0 Å². The van der Waals surface area contributed by atoms with E-state index in [4.69, 9.17) is 0 Å². The molecule has 6 heterocycles. The third kappa shape index (κ3) is 19.1. The molecule has 29 heteroatoms. The number of carboxylic acids is 6. The molecule has 374 valence electrons. The summed E-state index contributed by atoms with van der Waals surface area (Å²) in [5, 5.41) is 67.5. The van der Waals surface area contributed by atoms with Crippen molar-refractivity contribution in [3.63, 3.8) is 0 Å². The molecule has 0 atom stereocenters. The molecule has 0 aliphatic heterocycles. The number of hydrogen-bond acceptors (Lipinski definition) is 24. The van der Waals surface area contributed by atoms with Gasteiger partial charge in [0.25, 0.3) is 0 Å². The first-order valence-electron chi connectivity index (χ1n) is 18.4. The summed E-state index contributed by atoms with van der Waals surface area (Å²) in [6.45, 7) is 0. The molecule has 0 unspecified atom stereocenters. The zero-order chi connectivity index (χ0) is 50.5. The van der Waals surface area contributed by atoms with Crippen LogP contribution in [0.25, 0.3) is 45.3 Å². The van der Waals surface area contributed by atoms with E-state index in [1.54, 1.807) is 42.7 Å². The quantitative estimate of drug-likeness (QED) is 0.0819. The summed E-state index contributed by atoms with van der Waals surface area (Å²) in [7, 11) is 7.13. The summed E-state index contributed by atoms with van der Waals surface area (Å²) in [5.74, 6) is -8.95. The summed E-state index contributed by atoms with van der Waals surface area (Å²) in [6, 6.07) is 11.6. The van der Waals surface area contributed by atoms with E-state index >= 15 is 0 Å². The molecule has 24 nitrogen and oxygen atoms in total. The average Bonchev–Trinajstić information content (AvgIpc) is 3.35. The first kappa shape index (κ1) is 65.2. The predicted molar refractivity (Wildman–Crippen MR) is 223 cm³/mol. The van der Waals surface area contributed by atoms with Gasteiger partial charge in [-0.05, 0) is 60.7 Å². The van der Waals surface area contributed by atoms with Gasteiger partial charge in [-0.25, -0.2) is 0 Å². The van der Waals surface area contributed by atoms with E-state index in [9.17, 15) is 59.4 Å². The van der Waals surface area contributed by atoms with E-state index in [1.165, 1.54) is 61.4 Å². The fourth-order valence-corrected chi connectivity index (χ4v) is 6.27. The Morgan fingerprint density at radius 1 is 0.352 bits per heavy atom. The van der Waals surface area contributed by atoms with E-state index in [2.05, 4.69) is 57.0 Å². The minimum absolute atomic E-state index is 0. The first-order chi connectivity index (χ1) is 32.5. The Morgan fingerprint density at radius 3 is 0.789 bits per heavy atom. The van der Waals surface area contributed by atoms with Crippen molar-refractivity contribution in [1.82, 2.24) is 29.9 Å². The molecule has 71 heavy (non-hydrogen) atoms. The second-order valence-corrected chi connectivity index (χ2v) is 15.2. The maximum absolute atomic E-state index is 11.6. The first-order valence-corrected chi connectivity index (χ1v) is 20.6. The van der Waals surface area contributed by atoms with Crippen LogP contribution in [0.15, 0.2) is 97.8 Å². The van der Waals surface area contributed by atoms with Gasteiger partial charge in [0, 0.05) is 124 Å².